The molecule has 0 atom stereocenters. The van der Waals surface area contributed by atoms with E-state index in [1.165, 1.54) is 8.99 Å². The van der Waals surface area contributed by atoms with Crippen LogP contribution < -0.4 is 5.32 Å². The molecule has 152 valence electrons. The zero-order valence-electron chi connectivity index (χ0n) is 16.4. The number of hydrogen-bond acceptors (Lipinski definition) is 5. The third kappa shape index (κ3) is 4.52. The molecule has 0 spiro atoms. The van der Waals surface area contributed by atoms with Crippen LogP contribution in [-0.2, 0) is 26.1 Å². The Labute approximate surface area is 161 Å². The topological polar surface area (TPSA) is 93.5 Å². The van der Waals surface area contributed by atoms with Gasteiger partial charge in [0.2, 0.25) is 15.9 Å². The van der Waals surface area contributed by atoms with Crippen molar-refractivity contribution in [3.05, 3.63) is 11.4 Å². The molecular formula is C18H30N4O4S. The van der Waals surface area contributed by atoms with E-state index in [0.29, 0.717) is 37.7 Å². The second kappa shape index (κ2) is 8.28. The SMILES string of the molecule is Cc1nn(CC(=O)NC2CCC(C)CC2)c(C)c1S(=O)(=O)N1CCOCC1. The lowest BCUT2D eigenvalue weighted by atomic mass is 9.87. The smallest absolute Gasteiger partial charge is 0.246 e. The Bertz CT molecular complexity index is 776. The van der Waals surface area contributed by atoms with Crippen LogP contribution in [0.5, 0.6) is 0 Å². The highest BCUT2D eigenvalue weighted by atomic mass is 32.2. The normalized spacial score (nSPS) is 24.7. The molecule has 1 saturated carbocycles. The highest BCUT2D eigenvalue weighted by molar-refractivity contribution is 7.89. The summed E-state index contributed by atoms with van der Waals surface area (Å²) in [6.07, 6.45) is 4.26. The number of carbonyl (C=O) groups is 1. The lowest BCUT2D eigenvalue weighted by Crippen LogP contribution is -2.41. The van der Waals surface area contributed by atoms with Gasteiger partial charge in [-0.3, -0.25) is 9.48 Å². The zero-order valence-corrected chi connectivity index (χ0v) is 17.2. The van der Waals surface area contributed by atoms with Crippen molar-refractivity contribution in [3.8, 4) is 0 Å². The monoisotopic (exact) mass is 398 g/mol. The highest BCUT2D eigenvalue weighted by Crippen LogP contribution is 2.25. The van der Waals surface area contributed by atoms with Crippen LogP contribution >= 0.6 is 0 Å². The van der Waals surface area contributed by atoms with Crippen molar-refractivity contribution in [2.75, 3.05) is 26.3 Å². The number of carbonyl (C=O) groups excluding carboxylic acids is 1. The minimum atomic E-state index is -3.63. The first-order valence-corrected chi connectivity index (χ1v) is 11.1. The second-order valence-electron chi connectivity index (χ2n) is 7.70. The van der Waals surface area contributed by atoms with Crippen LogP contribution in [0.3, 0.4) is 0 Å². The Morgan fingerprint density at radius 2 is 1.81 bits per heavy atom. The van der Waals surface area contributed by atoms with E-state index in [1.54, 1.807) is 13.8 Å². The van der Waals surface area contributed by atoms with Gasteiger partial charge < -0.3 is 10.1 Å². The predicted octanol–water partition coefficient (Wildman–Crippen LogP) is 1.22. The minimum Gasteiger partial charge on any atom is -0.379 e. The number of nitrogens with one attached hydrogen (secondary N) is 1. The summed E-state index contributed by atoms with van der Waals surface area (Å²) >= 11 is 0. The summed E-state index contributed by atoms with van der Waals surface area (Å²) < 4.78 is 34.2. The summed E-state index contributed by atoms with van der Waals surface area (Å²) in [7, 11) is -3.63. The first-order valence-electron chi connectivity index (χ1n) is 9.70. The van der Waals surface area contributed by atoms with E-state index in [-0.39, 0.29) is 23.4 Å². The third-order valence-electron chi connectivity index (χ3n) is 5.56. The number of ether oxygens (including phenoxy) is 1. The van der Waals surface area contributed by atoms with Gasteiger partial charge in [0.25, 0.3) is 0 Å². The molecule has 0 radical (unpaired) electrons. The Kier molecular flexibility index (Phi) is 6.22. The van der Waals surface area contributed by atoms with Crippen molar-refractivity contribution in [2.24, 2.45) is 5.92 Å². The average molecular weight is 399 g/mol. The van der Waals surface area contributed by atoms with Gasteiger partial charge in [-0.15, -0.1) is 0 Å². The summed E-state index contributed by atoms with van der Waals surface area (Å²) in [6.45, 7) is 7.14. The highest BCUT2D eigenvalue weighted by Gasteiger charge is 2.32. The molecule has 2 aliphatic rings. The minimum absolute atomic E-state index is 0.0390. The van der Waals surface area contributed by atoms with Crippen molar-refractivity contribution in [3.63, 3.8) is 0 Å². The number of sulfonamides is 1. The molecule has 2 fully saturated rings. The molecule has 0 bridgehead atoms. The first kappa shape index (κ1) is 20.3. The van der Waals surface area contributed by atoms with Crippen molar-refractivity contribution >= 4 is 15.9 Å². The Balaban J connectivity index is 1.70. The van der Waals surface area contributed by atoms with Gasteiger partial charge in [-0.05, 0) is 45.4 Å². The number of morpholine rings is 1. The molecule has 0 unspecified atom stereocenters. The Hall–Kier alpha value is -1.45. The van der Waals surface area contributed by atoms with Crippen LogP contribution in [0.4, 0.5) is 0 Å². The van der Waals surface area contributed by atoms with Crippen LogP contribution in [-0.4, -0.2) is 60.8 Å². The molecular weight excluding hydrogens is 368 g/mol. The summed E-state index contributed by atoms with van der Waals surface area (Å²) in [4.78, 5) is 12.6. The van der Waals surface area contributed by atoms with Crippen LogP contribution in [0.25, 0.3) is 0 Å². The molecule has 9 heteroatoms. The van der Waals surface area contributed by atoms with Gasteiger partial charge in [0.15, 0.2) is 0 Å². The number of rotatable bonds is 5. The van der Waals surface area contributed by atoms with E-state index in [4.69, 9.17) is 4.74 Å². The second-order valence-corrected chi connectivity index (χ2v) is 9.57. The number of aryl methyl sites for hydroxylation is 1. The molecule has 8 nitrogen and oxygen atoms in total. The summed E-state index contributed by atoms with van der Waals surface area (Å²) in [5, 5.41) is 7.40. The van der Waals surface area contributed by atoms with Gasteiger partial charge in [0.05, 0.1) is 24.6 Å². The van der Waals surface area contributed by atoms with E-state index < -0.39 is 10.0 Å². The molecule has 2 heterocycles. The standard InChI is InChI=1S/C18H30N4O4S/c1-13-4-6-16(7-5-13)19-17(23)12-22-15(3)18(14(2)20-22)27(24,25)21-8-10-26-11-9-21/h13,16H,4-12H2,1-3H3,(H,19,23). The molecule has 1 saturated heterocycles. The fourth-order valence-electron chi connectivity index (χ4n) is 3.94. The summed E-state index contributed by atoms with van der Waals surface area (Å²) in [6, 6.07) is 0.210. The van der Waals surface area contributed by atoms with Gasteiger partial charge >= 0.3 is 0 Å². The van der Waals surface area contributed by atoms with Crippen LogP contribution in [0.2, 0.25) is 0 Å². The molecule has 1 aliphatic carbocycles. The number of nitrogens with zero attached hydrogens (tertiary/aromatic N) is 3. The van der Waals surface area contributed by atoms with Crippen LogP contribution in [0.1, 0.15) is 44.0 Å². The Morgan fingerprint density at radius 1 is 1.19 bits per heavy atom. The maximum Gasteiger partial charge on any atom is 0.246 e. The number of hydrogen-bond donors (Lipinski definition) is 1. The van der Waals surface area contributed by atoms with E-state index in [2.05, 4.69) is 17.3 Å². The maximum absolute atomic E-state index is 13.0. The molecule has 1 aromatic heterocycles. The fourth-order valence-corrected chi connectivity index (χ4v) is 5.72. The third-order valence-corrected chi connectivity index (χ3v) is 7.71. The van der Waals surface area contributed by atoms with Crippen molar-refractivity contribution in [2.45, 2.75) is 63.9 Å². The van der Waals surface area contributed by atoms with Gasteiger partial charge in [-0.1, -0.05) is 6.92 Å². The van der Waals surface area contributed by atoms with E-state index in [9.17, 15) is 13.2 Å². The summed E-state index contributed by atoms with van der Waals surface area (Å²) in [5.41, 5.74) is 0.935. The largest absolute Gasteiger partial charge is 0.379 e. The van der Waals surface area contributed by atoms with Crippen molar-refractivity contribution < 1.29 is 17.9 Å². The van der Waals surface area contributed by atoms with Crippen molar-refractivity contribution in [1.82, 2.24) is 19.4 Å². The molecule has 1 N–H and O–H groups in total. The number of amides is 1. The lowest BCUT2D eigenvalue weighted by molar-refractivity contribution is -0.122. The average Bonchev–Trinajstić information content (AvgIpc) is 2.91. The van der Waals surface area contributed by atoms with Gasteiger partial charge in [0.1, 0.15) is 11.4 Å². The fraction of sp³-hybridized carbons (Fsp3) is 0.778. The van der Waals surface area contributed by atoms with Gasteiger partial charge in [-0.2, -0.15) is 9.40 Å². The predicted molar refractivity (Wildman–Crippen MR) is 101 cm³/mol. The quantitative estimate of drug-likeness (QED) is 0.805. The Morgan fingerprint density at radius 3 is 2.44 bits per heavy atom. The van der Waals surface area contributed by atoms with Crippen molar-refractivity contribution in [1.29, 1.82) is 0 Å². The van der Waals surface area contributed by atoms with Gasteiger partial charge in [0, 0.05) is 19.1 Å². The molecule has 3 rings (SSSR count). The first-order chi connectivity index (χ1) is 12.8. The summed E-state index contributed by atoms with van der Waals surface area (Å²) in [5.74, 6) is 0.609. The zero-order chi connectivity index (χ0) is 19.6. The molecule has 1 aromatic rings. The lowest BCUT2D eigenvalue weighted by Gasteiger charge is -2.27. The van der Waals surface area contributed by atoms with Crippen LogP contribution in [0, 0.1) is 19.8 Å². The number of aromatic nitrogens is 2. The van der Waals surface area contributed by atoms with E-state index in [1.807, 2.05) is 0 Å². The van der Waals surface area contributed by atoms with Crippen LogP contribution in [0.15, 0.2) is 4.90 Å². The molecule has 27 heavy (non-hydrogen) atoms. The molecule has 1 aliphatic heterocycles. The van der Waals surface area contributed by atoms with E-state index >= 15 is 0 Å². The molecule has 0 aromatic carbocycles. The van der Waals surface area contributed by atoms with E-state index in [0.717, 1.165) is 31.6 Å². The maximum atomic E-state index is 13.0. The van der Waals surface area contributed by atoms with Gasteiger partial charge in [-0.25, -0.2) is 8.42 Å². The molecule has 1 amide bonds.